The number of methoxy groups -OCH3 is 1. The summed E-state index contributed by atoms with van der Waals surface area (Å²) in [4.78, 5) is 1.88. The summed E-state index contributed by atoms with van der Waals surface area (Å²) in [7, 11) is 1.61. The standard InChI is InChI=1S/C11H21F3N2O/c1-9(8-17-2)6-16-4-3-15-5-10(7-16)11(12,13)14/h9-10,15H,3-8H2,1-2H3. The normalized spacial score (nSPS) is 25.6. The number of nitrogens with zero attached hydrogens (tertiary/aromatic N) is 1. The van der Waals surface area contributed by atoms with Crippen molar-refractivity contribution in [2.45, 2.75) is 13.1 Å². The SMILES string of the molecule is COCC(C)CN1CCNCC(C(F)(F)F)C1. The third-order valence-corrected chi connectivity index (χ3v) is 2.96. The van der Waals surface area contributed by atoms with Crippen LogP contribution in [0.4, 0.5) is 13.2 Å². The number of halogens is 3. The summed E-state index contributed by atoms with van der Waals surface area (Å²) in [6.45, 7) is 4.63. The van der Waals surface area contributed by atoms with Crippen molar-refractivity contribution >= 4 is 0 Å². The summed E-state index contributed by atoms with van der Waals surface area (Å²) in [6, 6.07) is 0. The number of rotatable bonds is 4. The molecular formula is C11H21F3N2O. The molecule has 0 aromatic heterocycles. The van der Waals surface area contributed by atoms with Crippen molar-refractivity contribution in [2.75, 3.05) is 46.4 Å². The molecule has 3 nitrogen and oxygen atoms in total. The molecule has 0 saturated carbocycles. The molecule has 1 aliphatic rings. The highest BCUT2D eigenvalue weighted by molar-refractivity contribution is 4.79. The second kappa shape index (κ2) is 6.56. The zero-order chi connectivity index (χ0) is 12.9. The lowest BCUT2D eigenvalue weighted by molar-refractivity contribution is -0.176. The van der Waals surface area contributed by atoms with Gasteiger partial charge in [-0.15, -0.1) is 0 Å². The molecular weight excluding hydrogens is 233 g/mol. The zero-order valence-electron chi connectivity index (χ0n) is 10.4. The van der Waals surface area contributed by atoms with Crippen LogP contribution in [0.3, 0.4) is 0 Å². The fourth-order valence-electron chi connectivity index (χ4n) is 2.14. The number of ether oxygens (including phenoxy) is 1. The predicted molar refractivity (Wildman–Crippen MR) is 59.9 cm³/mol. The van der Waals surface area contributed by atoms with E-state index in [0.717, 1.165) is 0 Å². The molecule has 1 fully saturated rings. The van der Waals surface area contributed by atoms with E-state index in [1.54, 1.807) is 7.11 Å². The Kier molecular flexibility index (Phi) is 5.69. The molecule has 2 unspecified atom stereocenters. The molecule has 0 radical (unpaired) electrons. The maximum absolute atomic E-state index is 12.7. The van der Waals surface area contributed by atoms with Gasteiger partial charge in [-0.05, 0) is 5.92 Å². The first-order valence-electron chi connectivity index (χ1n) is 5.92. The van der Waals surface area contributed by atoms with E-state index in [4.69, 9.17) is 4.74 Å². The Hall–Kier alpha value is -0.330. The second-order valence-electron chi connectivity index (χ2n) is 4.76. The van der Waals surface area contributed by atoms with Crippen LogP contribution in [-0.4, -0.2) is 57.5 Å². The van der Waals surface area contributed by atoms with Gasteiger partial charge in [-0.1, -0.05) is 6.92 Å². The summed E-state index contributed by atoms with van der Waals surface area (Å²) in [5.41, 5.74) is 0. The lowest BCUT2D eigenvalue weighted by Gasteiger charge is -2.27. The van der Waals surface area contributed by atoms with E-state index in [9.17, 15) is 13.2 Å². The van der Waals surface area contributed by atoms with Gasteiger partial charge >= 0.3 is 6.18 Å². The van der Waals surface area contributed by atoms with E-state index in [-0.39, 0.29) is 19.0 Å². The van der Waals surface area contributed by atoms with E-state index in [1.165, 1.54) is 0 Å². The molecule has 0 spiro atoms. The van der Waals surface area contributed by atoms with E-state index in [2.05, 4.69) is 5.32 Å². The largest absolute Gasteiger partial charge is 0.394 e. The molecule has 0 amide bonds. The second-order valence-corrected chi connectivity index (χ2v) is 4.76. The molecule has 1 N–H and O–H groups in total. The molecule has 1 heterocycles. The van der Waals surface area contributed by atoms with Gasteiger partial charge in [0.1, 0.15) is 0 Å². The highest BCUT2D eigenvalue weighted by Gasteiger charge is 2.41. The minimum Gasteiger partial charge on any atom is -0.384 e. The van der Waals surface area contributed by atoms with E-state index < -0.39 is 12.1 Å². The number of hydrogen-bond donors (Lipinski definition) is 1. The van der Waals surface area contributed by atoms with Crippen LogP contribution >= 0.6 is 0 Å². The Morgan fingerprint density at radius 1 is 1.47 bits per heavy atom. The Labute approximate surface area is 100 Å². The first-order valence-corrected chi connectivity index (χ1v) is 5.92. The molecule has 6 heteroatoms. The van der Waals surface area contributed by atoms with Gasteiger partial charge in [0, 0.05) is 46.4 Å². The minimum absolute atomic E-state index is 0.0264. The average Bonchev–Trinajstić information content (AvgIpc) is 2.42. The maximum atomic E-state index is 12.7. The topological polar surface area (TPSA) is 24.5 Å². The van der Waals surface area contributed by atoms with Gasteiger partial charge in [-0.3, -0.25) is 0 Å². The van der Waals surface area contributed by atoms with Crippen LogP contribution in [0.25, 0.3) is 0 Å². The van der Waals surface area contributed by atoms with Crippen LogP contribution in [0.2, 0.25) is 0 Å². The summed E-state index contributed by atoms with van der Waals surface area (Å²) in [6.07, 6.45) is -4.11. The third kappa shape index (κ3) is 5.23. The van der Waals surface area contributed by atoms with Crippen LogP contribution in [0.15, 0.2) is 0 Å². The Bertz CT molecular complexity index is 223. The molecule has 0 bridgehead atoms. The first kappa shape index (κ1) is 14.7. The average molecular weight is 254 g/mol. The van der Waals surface area contributed by atoms with Gasteiger partial charge in [0.15, 0.2) is 0 Å². The van der Waals surface area contributed by atoms with Crippen molar-refractivity contribution in [2.24, 2.45) is 11.8 Å². The molecule has 17 heavy (non-hydrogen) atoms. The number of nitrogens with one attached hydrogen (secondary N) is 1. The van der Waals surface area contributed by atoms with Crippen molar-refractivity contribution in [1.82, 2.24) is 10.2 Å². The zero-order valence-corrected chi connectivity index (χ0v) is 10.4. The Morgan fingerprint density at radius 3 is 2.76 bits per heavy atom. The molecule has 0 aliphatic carbocycles. The fourth-order valence-corrected chi connectivity index (χ4v) is 2.14. The van der Waals surface area contributed by atoms with E-state index >= 15 is 0 Å². The van der Waals surface area contributed by atoms with Gasteiger partial charge in [0.25, 0.3) is 0 Å². The smallest absolute Gasteiger partial charge is 0.384 e. The van der Waals surface area contributed by atoms with Crippen LogP contribution < -0.4 is 5.32 Å². The lowest BCUT2D eigenvalue weighted by Crippen LogP contribution is -2.40. The van der Waals surface area contributed by atoms with Gasteiger partial charge in [0.2, 0.25) is 0 Å². The summed E-state index contributed by atoms with van der Waals surface area (Å²) in [5.74, 6) is -1.01. The quantitative estimate of drug-likeness (QED) is 0.819. The van der Waals surface area contributed by atoms with Crippen molar-refractivity contribution in [3.05, 3.63) is 0 Å². The maximum Gasteiger partial charge on any atom is 0.394 e. The molecule has 2 atom stereocenters. The fraction of sp³-hybridized carbons (Fsp3) is 1.00. The number of hydrogen-bond acceptors (Lipinski definition) is 3. The highest BCUT2D eigenvalue weighted by Crippen LogP contribution is 2.27. The number of alkyl halides is 3. The molecule has 102 valence electrons. The van der Waals surface area contributed by atoms with E-state index in [1.807, 2.05) is 11.8 Å². The third-order valence-electron chi connectivity index (χ3n) is 2.96. The van der Waals surface area contributed by atoms with Gasteiger partial charge in [-0.25, -0.2) is 0 Å². The molecule has 1 saturated heterocycles. The Balaban J connectivity index is 2.48. The van der Waals surface area contributed by atoms with Gasteiger partial charge in [0.05, 0.1) is 5.92 Å². The Morgan fingerprint density at radius 2 is 2.18 bits per heavy atom. The van der Waals surface area contributed by atoms with Crippen LogP contribution in [0, 0.1) is 11.8 Å². The monoisotopic (exact) mass is 254 g/mol. The van der Waals surface area contributed by atoms with Crippen molar-refractivity contribution in [3.8, 4) is 0 Å². The van der Waals surface area contributed by atoms with Gasteiger partial charge < -0.3 is 15.0 Å². The predicted octanol–water partition coefficient (Wildman–Crippen LogP) is 1.35. The van der Waals surface area contributed by atoms with Gasteiger partial charge in [-0.2, -0.15) is 13.2 Å². The van der Waals surface area contributed by atoms with Crippen molar-refractivity contribution in [3.63, 3.8) is 0 Å². The summed E-state index contributed by atoms with van der Waals surface area (Å²) < 4.78 is 43.1. The van der Waals surface area contributed by atoms with Crippen LogP contribution in [0.1, 0.15) is 6.92 Å². The van der Waals surface area contributed by atoms with Crippen LogP contribution in [-0.2, 0) is 4.74 Å². The van der Waals surface area contributed by atoms with Crippen molar-refractivity contribution in [1.29, 1.82) is 0 Å². The van der Waals surface area contributed by atoms with E-state index in [0.29, 0.717) is 26.2 Å². The van der Waals surface area contributed by atoms with Crippen molar-refractivity contribution < 1.29 is 17.9 Å². The first-order chi connectivity index (χ1) is 7.93. The highest BCUT2D eigenvalue weighted by atomic mass is 19.4. The lowest BCUT2D eigenvalue weighted by atomic mass is 10.1. The molecule has 1 aliphatic heterocycles. The minimum atomic E-state index is -4.11. The molecule has 1 rings (SSSR count). The van der Waals surface area contributed by atoms with Crippen LogP contribution in [0.5, 0.6) is 0 Å². The molecule has 0 aromatic carbocycles. The molecule has 0 aromatic rings. The summed E-state index contributed by atoms with van der Waals surface area (Å²) >= 11 is 0. The summed E-state index contributed by atoms with van der Waals surface area (Å²) in [5, 5.41) is 2.85.